The second-order valence-corrected chi connectivity index (χ2v) is 14.8. The zero-order valence-electron chi connectivity index (χ0n) is 28.7. The Morgan fingerprint density at radius 1 is 0.500 bits per heavy atom. The molecule has 0 saturated heterocycles. The summed E-state index contributed by atoms with van der Waals surface area (Å²) in [4.78, 5) is 12.2. The molecule has 0 fully saturated rings. The smallest absolute Gasteiger partial charge is 0.236 e. The summed E-state index contributed by atoms with van der Waals surface area (Å²) >= 11 is 1.75. The maximum Gasteiger partial charge on any atom is 0.236 e. The highest BCUT2D eigenvalue weighted by molar-refractivity contribution is 7.25. The van der Waals surface area contributed by atoms with E-state index in [-0.39, 0.29) is 0 Å². The van der Waals surface area contributed by atoms with E-state index in [4.69, 9.17) is 9.97 Å². The number of fused-ring (bicyclic) bond motifs is 11. The third kappa shape index (κ3) is 4.07. The van der Waals surface area contributed by atoms with Crippen LogP contribution in [-0.4, -0.2) is 14.5 Å². The average molecular weight is 682 g/mol. The number of thiophene rings is 1. The van der Waals surface area contributed by atoms with Gasteiger partial charge in [0.05, 0.1) is 16.7 Å². The molecule has 3 nitrogen and oxygen atoms in total. The molecule has 0 bridgehead atoms. The number of benzene rings is 8. The van der Waals surface area contributed by atoms with Gasteiger partial charge in [-0.05, 0) is 81.1 Å². The van der Waals surface area contributed by atoms with Crippen molar-refractivity contribution < 1.29 is 0 Å². The first-order valence-electron chi connectivity index (χ1n) is 17.8. The largest absolute Gasteiger partial charge is 0.277 e. The van der Waals surface area contributed by atoms with Crippen molar-refractivity contribution in [3.8, 4) is 28.3 Å². The Hall–Kier alpha value is -6.36. The Morgan fingerprint density at radius 2 is 1.13 bits per heavy atom. The minimum Gasteiger partial charge on any atom is -0.277 e. The predicted molar refractivity (Wildman–Crippen MR) is 222 cm³/mol. The van der Waals surface area contributed by atoms with E-state index in [1.165, 1.54) is 75.4 Å². The first-order valence-corrected chi connectivity index (χ1v) is 18.6. The summed E-state index contributed by atoms with van der Waals surface area (Å²) in [7, 11) is 0. The van der Waals surface area contributed by atoms with E-state index in [9.17, 15) is 0 Å². The molecule has 0 N–H and O–H groups in total. The highest BCUT2D eigenvalue weighted by Gasteiger charge is 2.26. The first-order chi connectivity index (χ1) is 25.7. The molecule has 4 heteroatoms. The van der Waals surface area contributed by atoms with Crippen LogP contribution in [0.4, 0.5) is 0 Å². The molecule has 11 rings (SSSR count). The number of aromatic nitrogens is 3. The molecule has 0 spiro atoms. The molecule has 0 aliphatic rings. The van der Waals surface area contributed by atoms with Gasteiger partial charge in [-0.1, -0.05) is 133 Å². The van der Waals surface area contributed by atoms with Gasteiger partial charge in [-0.3, -0.25) is 4.57 Å². The van der Waals surface area contributed by atoms with Gasteiger partial charge in [0.2, 0.25) is 5.95 Å². The number of nitrogens with zero attached hydrogens (tertiary/aromatic N) is 3. The van der Waals surface area contributed by atoms with Crippen molar-refractivity contribution >= 4 is 85.8 Å². The zero-order chi connectivity index (χ0) is 34.5. The monoisotopic (exact) mass is 681 g/mol. The van der Waals surface area contributed by atoms with E-state index >= 15 is 0 Å². The number of hydrogen-bond acceptors (Lipinski definition) is 3. The van der Waals surface area contributed by atoms with Crippen molar-refractivity contribution in [1.29, 1.82) is 0 Å². The number of aryl methyl sites for hydroxylation is 2. The van der Waals surface area contributed by atoms with Crippen molar-refractivity contribution in [2.75, 3.05) is 0 Å². The molecule has 8 aromatic carbocycles. The van der Waals surface area contributed by atoms with Gasteiger partial charge in [0.15, 0.2) is 0 Å². The van der Waals surface area contributed by atoms with Gasteiger partial charge in [0, 0.05) is 37.4 Å². The van der Waals surface area contributed by atoms with Crippen molar-refractivity contribution in [2.45, 2.75) is 13.8 Å². The molecular weight excluding hydrogens is 651 g/mol. The summed E-state index contributed by atoms with van der Waals surface area (Å²) in [5.41, 5.74) is 9.25. The highest BCUT2D eigenvalue weighted by atomic mass is 32.1. The van der Waals surface area contributed by atoms with Crippen LogP contribution >= 0.6 is 11.3 Å². The predicted octanol–water partition coefficient (Wildman–Crippen LogP) is 13.4. The van der Waals surface area contributed by atoms with Crippen LogP contribution < -0.4 is 0 Å². The van der Waals surface area contributed by atoms with Gasteiger partial charge in [-0.15, -0.1) is 11.3 Å². The average Bonchev–Trinajstić information content (AvgIpc) is 3.74. The van der Waals surface area contributed by atoms with E-state index in [2.05, 4.69) is 170 Å². The molecule has 244 valence electrons. The van der Waals surface area contributed by atoms with Crippen LogP contribution in [-0.2, 0) is 0 Å². The fourth-order valence-corrected chi connectivity index (χ4v) is 9.71. The summed E-state index contributed by atoms with van der Waals surface area (Å²) in [5, 5.41) is 12.1. The van der Waals surface area contributed by atoms with Gasteiger partial charge in [-0.2, -0.15) is 0 Å². The van der Waals surface area contributed by atoms with Crippen LogP contribution in [0.3, 0.4) is 0 Å². The Morgan fingerprint density at radius 3 is 1.96 bits per heavy atom. The molecule has 3 aromatic heterocycles. The van der Waals surface area contributed by atoms with Gasteiger partial charge >= 0.3 is 0 Å². The quantitative estimate of drug-likeness (QED) is 0.174. The summed E-state index contributed by atoms with van der Waals surface area (Å²) in [6, 6.07) is 54.8. The van der Waals surface area contributed by atoms with Crippen molar-refractivity contribution in [2.24, 2.45) is 0 Å². The van der Waals surface area contributed by atoms with Crippen LogP contribution in [0.25, 0.3) is 103 Å². The third-order valence-corrected chi connectivity index (χ3v) is 12.0. The molecule has 0 unspecified atom stereocenters. The maximum atomic E-state index is 5.72. The first kappa shape index (κ1) is 29.4. The highest BCUT2D eigenvalue weighted by Crippen LogP contribution is 2.47. The third-order valence-electron chi connectivity index (χ3n) is 11.0. The Bertz CT molecular complexity index is 3270. The number of hydrogen-bond donors (Lipinski definition) is 0. The van der Waals surface area contributed by atoms with Crippen LogP contribution in [0.15, 0.2) is 152 Å². The lowest BCUT2D eigenvalue weighted by molar-refractivity contribution is 1.02. The van der Waals surface area contributed by atoms with E-state index in [0.717, 1.165) is 32.5 Å². The molecule has 52 heavy (non-hydrogen) atoms. The molecule has 11 aromatic rings. The summed E-state index contributed by atoms with van der Waals surface area (Å²) in [5.74, 6) is 0.682. The number of para-hydroxylation sites is 1. The summed E-state index contributed by atoms with van der Waals surface area (Å²) in [6.07, 6.45) is 0. The molecule has 3 heterocycles. The van der Waals surface area contributed by atoms with Crippen molar-refractivity contribution in [1.82, 2.24) is 14.5 Å². The van der Waals surface area contributed by atoms with Crippen molar-refractivity contribution in [3.63, 3.8) is 0 Å². The van der Waals surface area contributed by atoms with E-state index in [0.29, 0.717) is 5.95 Å². The lowest BCUT2D eigenvalue weighted by Gasteiger charge is -2.18. The van der Waals surface area contributed by atoms with Gasteiger partial charge < -0.3 is 0 Å². The van der Waals surface area contributed by atoms with Gasteiger partial charge in [-0.25, -0.2) is 9.97 Å². The Labute approximate surface area is 304 Å². The zero-order valence-corrected chi connectivity index (χ0v) is 29.5. The molecule has 0 amide bonds. The van der Waals surface area contributed by atoms with Gasteiger partial charge in [0.25, 0.3) is 0 Å². The van der Waals surface area contributed by atoms with Crippen LogP contribution in [0, 0.1) is 13.8 Å². The molecule has 0 radical (unpaired) electrons. The normalized spacial score (nSPS) is 12.0. The van der Waals surface area contributed by atoms with E-state index < -0.39 is 0 Å². The lowest BCUT2D eigenvalue weighted by Crippen LogP contribution is -2.04. The molecule has 0 aliphatic heterocycles. The van der Waals surface area contributed by atoms with Crippen molar-refractivity contribution in [3.05, 3.63) is 163 Å². The SMILES string of the molecule is Cc1ccccc1-c1c(C)c2ccccc2c2c3ccccc3n(-c3nc(-c4cc5ccccc5c5ccccc45)c4c(n3)sc3ccccc34)c12. The molecule has 0 aliphatic carbocycles. The Kier molecular flexibility index (Phi) is 6.25. The topological polar surface area (TPSA) is 30.7 Å². The maximum absolute atomic E-state index is 5.72. The summed E-state index contributed by atoms with van der Waals surface area (Å²) < 4.78 is 3.56. The summed E-state index contributed by atoms with van der Waals surface area (Å²) in [6.45, 7) is 4.49. The van der Waals surface area contributed by atoms with Gasteiger partial charge in [0.1, 0.15) is 4.83 Å². The lowest BCUT2D eigenvalue weighted by atomic mass is 9.89. The molecule has 0 saturated carbocycles. The standard InChI is InChI=1S/C48H31N3S/c1-28-15-3-5-17-31(28)42-29(2)32-18-7-10-22-36(32)43-37-23-11-13-25-40(37)51(46(42)43)48-49-45(44-38-24-12-14-26-41(38)52-47(44)50-48)39-27-30-16-4-6-19-33(30)34-20-8-9-21-35(34)39/h3-27H,1-2H3. The minimum atomic E-state index is 0.682. The fourth-order valence-electron chi connectivity index (χ4n) is 8.64. The number of rotatable bonds is 3. The second-order valence-electron chi connectivity index (χ2n) is 13.8. The van der Waals surface area contributed by atoms with E-state index in [1.807, 2.05) is 0 Å². The Balaban J connectivity index is 1.36. The van der Waals surface area contributed by atoms with E-state index in [1.54, 1.807) is 11.3 Å². The fraction of sp³-hybridized carbons (Fsp3) is 0.0417. The van der Waals surface area contributed by atoms with Crippen LogP contribution in [0.2, 0.25) is 0 Å². The van der Waals surface area contributed by atoms with Crippen LogP contribution in [0.1, 0.15) is 11.1 Å². The molecular formula is C48H31N3S. The molecule has 0 atom stereocenters. The van der Waals surface area contributed by atoms with Crippen LogP contribution in [0.5, 0.6) is 0 Å². The minimum absolute atomic E-state index is 0.682. The second kappa shape index (κ2) is 11.1.